The second-order valence-corrected chi connectivity index (χ2v) is 7.22. The number of para-hydroxylation sites is 1. The molecule has 138 valence electrons. The number of nitrogens with one attached hydrogen (secondary N) is 1. The fourth-order valence-electron chi connectivity index (χ4n) is 3.13. The Hall–Kier alpha value is -2.33. The average Bonchev–Trinajstić information content (AvgIpc) is 2.62. The summed E-state index contributed by atoms with van der Waals surface area (Å²) in [5.41, 5.74) is 2.07. The van der Waals surface area contributed by atoms with Crippen LogP contribution < -0.4 is 10.1 Å². The van der Waals surface area contributed by atoms with Crippen molar-refractivity contribution < 1.29 is 9.53 Å². The number of benzene rings is 2. The normalized spacial score (nSPS) is 15.3. The maximum absolute atomic E-state index is 12.9. The van der Waals surface area contributed by atoms with Crippen molar-refractivity contribution in [3.05, 3.63) is 65.7 Å². The summed E-state index contributed by atoms with van der Waals surface area (Å²) in [6.45, 7) is 1.16. The van der Waals surface area contributed by atoms with E-state index in [9.17, 15) is 4.79 Å². The van der Waals surface area contributed by atoms with Crippen molar-refractivity contribution in [2.75, 3.05) is 20.6 Å². The molecule has 0 saturated heterocycles. The van der Waals surface area contributed by atoms with Crippen LogP contribution >= 0.6 is 0 Å². The molecule has 4 nitrogen and oxygen atoms in total. The van der Waals surface area contributed by atoms with Crippen LogP contribution in [-0.4, -0.2) is 37.6 Å². The topological polar surface area (TPSA) is 41.6 Å². The van der Waals surface area contributed by atoms with Crippen molar-refractivity contribution in [1.29, 1.82) is 0 Å². The molecule has 0 aliphatic heterocycles. The monoisotopic (exact) mass is 352 g/mol. The van der Waals surface area contributed by atoms with Gasteiger partial charge in [0.25, 0.3) is 0 Å². The summed E-state index contributed by atoms with van der Waals surface area (Å²) < 4.78 is 6.06. The molecule has 1 aliphatic rings. The van der Waals surface area contributed by atoms with E-state index in [1.165, 1.54) is 6.42 Å². The number of hydrogen-bond donors (Lipinski definition) is 1. The van der Waals surface area contributed by atoms with Crippen LogP contribution in [-0.2, 0) is 11.3 Å². The van der Waals surface area contributed by atoms with E-state index in [0.29, 0.717) is 19.2 Å². The number of ether oxygens (including phenoxy) is 1. The minimum Gasteiger partial charge on any atom is -0.490 e. The van der Waals surface area contributed by atoms with E-state index in [-0.39, 0.29) is 11.8 Å². The van der Waals surface area contributed by atoms with Gasteiger partial charge in [0.05, 0.1) is 12.0 Å². The molecule has 0 radical (unpaired) electrons. The summed E-state index contributed by atoms with van der Waals surface area (Å²) in [6, 6.07) is 18.0. The summed E-state index contributed by atoms with van der Waals surface area (Å²) in [6.07, 6.45) is 3.82. The van der Waals surface area contributed by atoms with Crippen LogP contribution in [0.15, 0.2) is 54.6 Å². The summed E-state index contributed by atoms with van der Waals surface area (Å²) in [5.74, 6) is 0.746. The molecule has 2 aromatic carbocycles. The second-order valence-electron chi connectivity index (χ2n) is 7.22. The van der Waals surface area contributed by atoms with E-state index in [0.717, 1.165) is 29.7 Å². The van der Waals surface area contributed by atoms with Gasteiger partial charge in [-0.05, 0) is 45.0 Å². The molecule has 1 amide bonds. The number of carbonyl (C=O) groups excluding carboxylic acids is 1. The van der Waals surface area contributed by atoms with Crippen molar-refractivity contribution in [3.63, 3.8) is 0 Å². The average molecular weight is 352 g/mol. The number of hydrogen-bond acceptors (Lipinski definition) is 3. The number of carbonyl (C=O) groups is 1. The molecule has 1 aliphatic carbocycles. The van der Waals surface area contributed by atoms with Crippen LogP contribution in [0.5, 0.6) is 5.75 Å². The maximum atomic E-state index is 12.9. The number of rotatable bonds is 8. The zero-order valence-electron chi connectivity index (χ0n) is 15.7. The summed E-state index contributed by atoms with van der Waals surface area (Å²) >= 11 is 0. The molecule has 1 fully saturated rings. The van der Waals surface area contributed by atoms with E-state index in [1.807, 2.05) is 73.6 Å². The lowest BCUT2D eigenvalue weighted by Gasteiger charge is -2.27. The first kappa shape index (κ1) is 18.5. The zero-order valence-corrected chi connectivity index (χ0v) is 15.7. The smallest absolute Gasteiger partial charge is 0.229 e. The Morgan fingerprint density at radius 2 is 1.81 bits per heavy atom. The molecule has 3 rings (SSSR count). The Labute approximate surface area is 156 Å². The molecule has 1 N–H and O–H groups in total. The first-order chi connectivity index (χ1) is 12.6. The molecule has 0 unspecified atom stereocenters. The van der Waals surface area contributed by atoms with Crippen LogP contribution in [0.4, 0.5) is 0 Å². The SMILES string of the molecule is CN(C)C[C@H](C(=O)NCc1ccccc1OC1CCC1)c1ccccc1. The Bertz CT molecular complexity index is 711. The van der Waals surface area contributed by atoms with E-state index >= 15 is 0 Å². The van der Waals surface area contributed by atoms with Crippen molar-refractivity contribution in [2.45, 2.75) is 37.8 Å². The van der Waals surface area contributed by atoms with Crippen LogP contribution in [0.25, 0.3) is 0 Å². The van der Waals surface area contributed by atoms with Crippen molar-refractivity contribution in [2.24, 2.45) is 0 Å². The molecule has 1 atom stereocenters. The van der Waals surface area contributed by atoms with Gasteiger partial charge in [-0.1, -0.05) is 48.5 Å². The molecule has 1 saturated carbocycles. The van der Waals surface area contributed by atoms with Crippen molar-refractivity contribution in [3.8, 4) is 5.75 Å². The lowest BCUT2D eigenvalue weighted by molar-refractivity contribution is -0.123. The van der Waals surface area contributed by atoms with Gasteiger partial charge in [-0.2, -0.15) is 0 Å². The molecule has 26 heavy (non-hydrogen) atoms. The Morgan fingerprint density at radius 1 is 1.12 bits per heavy atom. The third kappa shape index (κ3) is 4.85. The molecule has 0 heterocycles. The van der Waals surface area contributed by atoms with Crippen molar-refractivity contribution in [1.82, 2.24) is 10.2 Å². The number of likely N-dealkylation sites (N-methyl/N-ethyl adjacent to an activating group) is 1. The highest BCUT2D eigenvalue weighted by Gasteiger charge is 2.23. The van der Waals surface area contributed by atoms with E-state index < -0.39 is 0 Å². The number of nitrogens with zero attached hydrogens (tertiary/aromatic N) is 1. The third-order valence-electron chi connectivity index (χ3n) is 4.84. The third-order valence-corrected chi connectivity index (χ3v) is 4.84. The van der Waals surface area contributed by atoms with Crippen LogP contribution in [0, 0.1) is 0 Å². The van der Waals surface area contributed by atoms with Gasteiger partial charge in [0.2, 0.25) is 5.91 Å². The Kier molecular flexibility index (Phi) is 6.29. The fourth-order valence-corrected chi connectivity index (χ4v) is 3.13. The standard InChI is InChI=1S/C22H28N2O2/c1-24(2)16-20(17-9-4-3-5-10-17)22(25)23-15-18-11-6-7-14-21(18)26-19-12-8-13-19/h3-7,9-11,14,19-20H,8,12-13,15-16H2,1-2H3,(H,23,25)/t20-/m0/s1. The van der Waals surface area contributed by atoms with Gasteiger partial charge in [-0.3, -0.25) is 4.79 Å². The van der Waals surface area contributed by atoms with Crippen LogP contribution in [0.3, 0.4) is 0 Å². The van der Waals surface area contributed by atoms with Gasteiger partial charge >= 0.3 is 0 Å². The zero-order chi connectivity index (χ0) is 18.4. The van der Waals surface area contributed by atoms with E-state index in [4.69, 9.17) is 4.74 Å². The molecule has 2 aromatic rings. The van der Waals surface area contributed by atoms with Crippen molar-refractivity contribution >= 4 is 5.91 Å². The molecular formula is C22H28N2O2. The highest BCUT2D eigenvalue weighted by atomic mass is 16.5. The number of amides is 1. The highest BCUT2D eigenvalue weighted by molar-refractivity contribution is 5.84. The summed E-state index contributed by atoms with van der Waals surface area (Å²) in [7, 11) is 3.98. The predicted octanol–water partition coefficient (Wildman–Crippen LogP) is 3.58. The van der Waals surface area contributed by atoms with Gasteiger partial charge in [0.1, 0.15) is 5.75 Å². The molecular weight excluding hydrogens is 324 g/mol. The van der Waals surface area contributed by atoms with Crippen LogP contribution in [0.2, 0.25) is 0 Å². The molecule has 4 heteroatoms. The summed E-state index contributed by atoms with van der Waals surface area (Å²) in [4.78, 5) is 14.9. The fraction of sp³-hybridized carbons (Fsp3) is 0.409. The largest absolute Gasteiger partial charge is 0.490 e. The first-order valence-electron chi connectivity index (χ1n) is 9.35. The van der Waals surface area contributed by atoms with E-state index in [1.54, 1.807) is 0 Å². The lowest BCUT2D eigenvalue weighted by Crippen LogP contribution is -2.35. The quantitative estimate of drug-likeness (QED) is 0.789. The van der Waals surface area contributed by atoms with Gasteiger partial charge in [0.15, 0.2) is 0 Å². The Morgan fingerprint density at radius 3 is 2.46 bits per heavy atom. The molecule has 0 spiro atoms. The van der Waals surface area contributed by atoms with Gasteiger partial charge < -0.3 is 15.0 Å². The molecule has 0 bridgehead atoms. The van der Waals surface area contributed by atoms with Crippen LogP contribution in [0.1, 0.15) is 36.3 Å². The van der Waals surface area contributed by atoms with Gasteiger partial charge in [-0.15, -0.1) is 0 Å². The predicted molar refractivity (Wildman–Crippen MR) is 104 cm³/mol. The lowest BCUT2D eigenvalue weighted by atomic mass is 9.96. The molecule has 0 aromatic heterocycles. The minimum absolute atomic E-state index is 0.0448. The Balaban J connectivity index is 1.66. The maximum Gasteiger partial charge on any atom is 0.229 e. The summed E-state index contributed by atoms with van der Waals surface area (Å²) in [5, 5.41) is 3.11. The van der Waals surface area contributed by atoms with E-state index in [2.05, 4.69) is 5.32 Å². The highest BCUT2D eigenvalue weighted by Crippen LogP contribution is 2.27. The second kappa shape index (κ2) is 8.86. The minimum atomic E-state index is -0.189. The van der Waals surface area contributed by atoms with Gasteiger partial charge in [0, 0.05) is 18.7 Å². The first-order valence-corrected chi connectivity index (χ1v) is 9.35. The van der Waals surface area contributed by atoms with Gasteiger partial charge in [-0.25, -0.2) is 0 Å².